The van der Waals surface area contributed by atoms with E-state index in [-0.39, 0.29) is 18.6 Å². The third-order valence-corrected chi connectivity index (χ3v) is 4.19. The Kier molecular flexibility index (Phi) is 4.57. The second-order valence-electron chi connectivity index (χ2n) is 5.02. The molecule has 0 radical (unpaired) electrons. The van der Waals surface area contributed by atoms with Crippen molar-refractivity contribution in [1.29, 1.82) is 0 Å². The van der Waals surface area contributed by atoms with Crippen LogP contribution in [0.1, 0.15) is 25.7 Å². The van der Waals surface area contributed by atoms with E-state index in [1.54, 1.807) is 6.20 Å². The fourth-order valence-corrected chi connectivity index (χ4v) is 3.09. The molecular formula is C15H17N3O2S. The van der Waals surface area contributed by atoms with Crippen LogP contribution in [0.15, 0.2) is 29.8 Å². The van der Waals surface area contributed by atoms with Crippen LogP contribution in [0, 0.1) is 0 Å². The van der Waals surface area contributed by atoms with Gasteiger partial charge in [0.25, 0.3) is 5.91 Å². The average molecular weight is 303 g/mol. The van der Waals surface area contributed by atoms with E-state index in [4.69, 9.17) is 4.74 Å². The predicted octanol–water partition coefficient (Wildman–Crippen LogP) is 3.10. The van der Waals surface area contributed by atoms with Crippen LogP contribution in [0.2, 0.25) is 0 Å². The van der Waals surface area contributed by atoms with Crippen molar-refractivity contribution in [3.63, 3.8) is 0 Å². The predicted molar refractivity (Wildman–Crippen MR) is 82.2 cm³/mol. The Morgan fingerprint density at radius 1 is 1.33 bits per heavy atom. The molecular weight excluding hydrogens is 286 g/mol. The highest BCUT2D eigenvalue weighted by molar-refractivity contribution is 7.14. The second-order valence-corrected chi connectivity index (χ2v) is 5.88. The molecule has 1 aliphatic carbocycles. The van der Waals surface area contributed by atoms with Crippen molar-refractivity contribution < 1.29 is 9.53 Å². The van der Waals surface area contributed by atoms with Crippen molar-refractivity contribution in [2.45, 2.75) is 31.8 Å². The quantitative estimate of drug-likeness (QED) is 0.922. The number of carbonyl (C=O) groups excluding carboxylic acids is 1. The number of nitrogens with zero attached hydrogens (tertiary/aromatic N) is 2. The smallest absolute Gasteiger partial charge is 0.252 e. The lowest BCUT2D eigenvalue weighted by atomic mass is 10.3. The molecule has 6 heteroatoms. The standard InChI is InChI=1S/C15H17N3O2S/c19-14(9-20-11-5-1-2-6-11)18-15-17-13(10-21-15)12-7-3-4-8-16-12/h3-4,7-8,10-11H,1-2,5-6,9H2,(H,17,18,19). The fraction of sp³-hybridized carbons (Fsp3) is 0.400. The molecule has 0 spiro atoms. The van der Waals surface area contributed by atoms with Crippen LogP contribution < -0.4 is 5.32 Å². The highest BCUT2D eigenvalue weighted by Gasteiger charge is 2.17. The Hall–Kier alpha value is -1.79. The number of thiazole rings is 1. The SMILES string of the molecule is O=C(COC1CCCC1)Nc1nc(-c2ccccn2)cs1. The average Bonchev–Trinajstić information content (AvgIpc) is 3.17. The molecule has 1 saturated carbocycles. The lowest BCUT2D eigenvalue weighted by Gasteiger charge is -2.09. The first-order chi connectivity index (χ1) is 10.3. The summed E-state index contributed by atoms with van der Waals surface area (Å²) in [6.45, 7) is 0.100. The number of nitrogens with one attached hydrogen (secondary N) is 1. The summed E-state index contributed by atoms with van der Waals surface area (Å²) in [5, 5.41) is 5.24. The number of carbonyl (C=O) groups is 1. The van der Waals surface area contributed by atoms with Crippen LogP contribution in [0.4, 0.5) is 5.13 Å². The van der Waals surface area contributed by atoms with E-state index in [2.05, 4.69) is 15.3 Å². The number of hydrogen-bond acceptors (Lipinski definition) is 5. The first-order valence-electron chi connectivity index (χ1n) is 7.09. The van der Waals surface area contributed by atoms with Crippen molar-refractivity contribution >= 4 is 22.4 Å². The summed E-state index contributed by atoms with van der Waals surface area (Å²) in [7, 11) is 0. The van der Waals surface area contributed by atoms with Gasteiger partial charge in [-0.25, -0.2) is 4.98 Å². The van der Waals surface area contributed by atoms with Crippen LogP contribution >= 0.6 is 11.3 Å². The van der Waals surface area contributed by atoms with E-state index < -0.39 is 0 Å². The normalized spacial score (nSPS) is 15.2. The van der Waals surface area contributed by atoms with Crippen LogP contribution in [0.25, 0.3) is 11.4 Å². The summed E-state index contributed by atoms with van der Waals surface area (Å²) in [6, 6.07) is 5.66. The van der Waals surface area contributed by atoms with Gasteiger partial charge in [-0.05, 0) is 25.0 Å². The summed E-state index contributed by atoms with van der Waals surface area (Å²) >= 11 is 1.39. The lowest BCUT2D eigenvalue weighted by molar-refractivity contribution is -0.122. The maximum Gasteiger partial charge on any atom is 0.252 e. The van der Waals surface area contributed by atoms with Crippen molar-refractivity contribution in [2.24, 2.45) is 0 Å². The zero-order chi connectivity index (χ0) is 14.5. The van der Waals surface area contributed by atoms with E-state index in [0.717, 1.165) is 24.2 Å². The van der Waals surface area contributed by atoms with E-state index in [0.29, 0.717) is 5.13 Å². The fourth-order valence-electron chi connectivity index (χ4n) is 2.37. The summed E-state index contributed by atoms with van der Waals surface area (Å²) in [6.07, 6.45) is 6.50. The molecule has 1 amide bonds. The van der Waals surface area contributed by atoms with Crippen LogP contribution in [-0.4, -0.2) is 28.6 Å². The number of rotatable bonds is 5. The minimum atomic E-state index is -0.149. The molecule has 1 fully saturated rings. The molecule has 0 atom stereocenters. The minimum Gasteiger partial charge on any atom is -0.368 e. The van der Waals surface area contributed by atoms with Gasteiger partial charge in [0.15, 0.2) is 5.13 Å². The van der Waals surface area contributed by atoms with Gasteiger partial charge in [-0.3, -0.25) is 15.1 Å². The van der Waals surface area contributed by atoms with Gasteiger partial charge in [-0.1, -0.05) is 18.9 Å². The summed E-state index contributed by atoms with van der Waals surface area (Å²) in [5.74, 6) is -0.149. The minimum absolute atomic E-state index is 0.100. The molecule has 5 nitrogen and oxygen atoms in total. The zero-order valence-electron chi connectivity index (χ0n) is 11.6. The molecule has 0 aliphatic heterocycles. The second kappa shape index (κ2) is 6.78. The van der Waals surface area contributed by atoms with Gasteiger partial charge >= 0.3 is 0 Å². The molecule has 0 saturated heterocycles. The molecule has 0 unspecified atom stereocenters. The monoisotopic (exact) mass is 303 g/mol. The number of aromatic nitrogens is 2. The summed E-state index contributed by atoms with van der Waals surface area (Å²) < 4.78 is 5.58. The molecule has 0 bridgehead atoms. The van der Waals surface area contributed by atoms with Gasteiger partial charge in [0.2, 0.25) is 0 Å². The van der Waals surface area contributed by atoms with Crippen molar-refractivity contribution in [2.75, 3.05) is 11.9 Å². The molecule has 3 rings (SSSR count). The van der Waals surface area contributed by atoms with E-state index in [1.807, 2.05) is 23.6 Å². The van der Waals surface area contributed by atoms with Gasteiger partial charge < -0.3 is 4.74 Å². The molecule has 2 heterocycles. The molecule has 1 aliphatic rings. The largest absolute Gasteiger partial charge is 0.368 e. The Bertz CT molecular complexity index is 594. The van der Waals surface area contributed by atoms with E-state index in [1.165, 1.54) is 24.2 Å². The molecule has 2 aromatic rings. The van der Waals surface area contributed by atoms with E-state index in [9.17, 15) is 4.79 Å². The van der Waals surface area contributed by atoms with Gasteiger partial charge in [0, 0.05) is 11.6 Å². The number of hydrogen-bond donors (Lipinski definition) is 1. The zero-order valence-corrected chi connectivity index (χ0v) is 12.4. The first kappa shape index (κ1) is 14.2. The summed E-state index contributed by atoms with van der Waals surface area (Å²) in [4.78, 5) is 20.4. The number of ether oxygens (including phenoxy) is 1. The number of anilines is 1. The number of pyridine rings is 1. The maximum absolute atomic E-state index is 11.8. The molecule has 1 N–H and O–H groups in total. The van der Waals surface area contributed by atoms with Crippen molar-refractivity contribution in [3.8, 4) is 11.4 Å². The highest BCUT2D eigenvalue weighted by Crippen LogP contribution is 2.23. The highest BCUT2D eigenvalue weighted by atomic mass is 32.1. The molecule has 2 aromatic heterocycles. The third kappa shape index (κ3) is 3.86. The van der Waals surface area contributed by atoms with Crippen LogP contribution in [0.5, 0.6) is 0 Å². The van der Waals surface area contributed by atoms with Crippen LogP contribution in [0.3, 0.4) is 0 Å². The third-order valence-electron chi connectivity index (χ3n) is 3.43. The van der Waals surface area contributed by atoms with Gasteiger partial charge in [-0.15, -0.1) is 11.3 Å². The Morgan fingerprint density at radius 2 is 2.19 bits per heavy atom. The molecule has 110 valence electrons. The topological polar surface area (TPSA) is 64.1 Å². The van der Waals surface area contributed by atoms with Gasteiger partial charge in [0.05, 0.1) is 11.8 Å². The molecule has 0 aromatic carbocycles. The van der Waals surface area contributed by atoms with E-state index >= 15 is 0 Å². The Balaban J connectivity index is 1.53. The van der Waals surface area contributed by atoms with Crippen LogP contribution in [-0.2, 0) is 9.53 Å². The maximum atomic E-state index is 11.8. The van der Waals surface area contributed by atoms with Crippen molar-refractivity contribution in [1.82, 2.24) is 9.97 Å². The van der Waals surface area contributed by atoms with Gasteiger partial charge in [0.1, 0.15) is 12.3 Å². The lowest BCUT2D eigenvalue weighted by Crippen LogP contribution is -2.21. The number of amides is 1. The summed E-state index contributed by atoms with van der Waals surface area (Å²) in [5.41, 5.74) is 1.57. The van der Waals surface area contributed by atoms with Gasteiger partial charge in [-0.2, -0.15) is 0 Å². The van der Waals surface area contributed by atoms with Crippen molar-refractivity contribution in [3.05, 3.63) is 29.8 Å². The molecule has 21 heavy (non-hydrogen) atoms. The first-order valence-corrected chi connectivity index (χ1v) is 7.97. The Labute approximate surface area is 127 Å². The Morgan fingerprint density at radius 3 is 2.95 bits per heavy atom.